The number of nitrogens with zero attached hydrogens (tertiary/aromatic N) is 3. The molecule has 8 aromatic carbocycles. The summed E-state index contributed by atoms with van der Waals surface area (Å²) in [6.45, 7) is 13.7. The summed E-state index contributed by atoms with van der Waals surface area (Å²) in [6.07, 6.45) is 0. The van der Waals surface area contributed by atoms with Crippen molar-refractivity contribution in [3.8, 4) is 28.3 Å². The molecule has 4 nitrogen and oxygen atoms in total. The molecule has 2 aliphatic heterocycles. The van der Waals surface area contributed by atoms with Gasteiger partial charge in [0.2, 0.25) is 5.89 Å². The van der Waals surface area contributed by atoms with Crippen molar-refractivity contribution in [3.05, 3.63) is 157 Å². The van der Waals surface area contributed by atoms with Gasteiger partial charge in [0, 0.05) is 90.9 Å². The molecule has 0 amide bonds. The Morgan fingerprint density at radius 3 is 2.05 bits per heavy atom. The molecule has 12 aromatic rings. The van der Waals surface area contributed by atoms with Crippen LogP contribution < -0.4 is 15.7 Å². The zero-order valence-electron chi connectivity index (χ0n) is 36.5. The summed E-state index contributed by atoms with van der Waals surface area (Å²) in [5, 5.41) is 7.89. The first kappa shape index (κ1) is 36.8. The van der Waals surface area contributed by atoms with Crippen molar-refractivity contribution in [2.45, 2.75) is 52.4 Å². The lowest BCUT2D eigenvalue weighted by Gasteiger charge is -2.42. The molecule has 0 spiro atoms. The minimum absolute atomic E-state index is 0.0188. The maximum Gasteiger partial charge on any atom is 0.333 e. The first-order chi connectivity index (χ1) is 31.0. The van der Waals surface area contributed by atoms with Crippen LogP contribution in [0.3, 0.4) is 0 Å². The molecule has 0 saturated heterocycles. The van der Waals surface area contributed by atoms with Crippen molar-refractivity contribution in [2.24, 2.45) is 0 Å². The highest BCUT2D eigenvalue weighted by Crippen LogP contribution is 2.54. The lowest BCUT2D eigenvalue weighted by Crippen LogP contribution is -2.60. The fourth-order valence-electron chi connectivity index (χ4n) is 11.0. The molecule has 0 N–H and O–H groups in total. The minimum Gasteiger partial charge on any atom is -0.436 e. The van der Waals surface area contributed by atoms with Gasteiger partial charge in [-0.25, -0.2) is 4.98 Å². The molecule has 0 atom stereocenters. The Balaban J connectivity index is 1.21. The van der Waals surface area contributed by atoms with Crippen LogP contribution in [0.4, 0.5) is 11.4 Å². The van der Waals surface area contributed by atoms with Crippen molar-refractivity contribution >= 4 is 125 Å². The molecular formula is C57H42BN3OS2. The van der Waals surface area contributed by atoms with Crippen LogP contribution in [-0.2, 0) is 10.8 Å². The van der Waals surface area contributed by atoms with E-state index in [9.17, 15) is 0 Å². The number of thiophene rings is 2. The van der Waals surface area contributed by atoms with E-state index in [4.69, 9.17) is 9.40 Å². The predicted octanol–water partition coefficient (Wildman–Crippen LogP) is 15.2. The normalized spacial score (nSPS) is 13.7. The van der Waals surface area contributed by atoms with Gasteiger partial charge in [-0.15, -0.1) is 22.7 Å². The molecular weight excluding hydrogens is 818 g/mol. The van der Waals surface area contributed by atoms with Gasteiger partial charge in [-0.2, -0.15) is 0 Å². The number of hydrogen-bond acceptors (Lipinski definition) is 5. The SMILES string of the molecule is CC(C)(C)c1ccc(N2B3c4cc5nc(-c6ccccc6)oc5cc4-n4c5ccc(C(C)(C)C)cc5c5c6c(sc7ccccc76)c(c3c54)-c3cc4sc5ccccc5c4cc32)cc1. The largest absolute Gasteiger partial charge is 0.436 e. The van der Waals surface area contributed by atoms with E-state index in [2.05, 4.69) is 178 Å². The van der Waals surface area contributed by atoms with Crippen molar-refractivity contribution in [2.75, 3.05) is 4.81 Å². The molecule has 2 aliphatic rings. The number of hydrogen-bond donors (Lipinski definition) is 0. The first-order valence-electron chi connectivity index (χ1n) is 22.3. The summed E-state index contributed by atoms with van der Waals surface area (Å²) in [5.74, 6) is 0.635. The topological polar surface area (TPSA) is 34.2 Å². The lowest BCUT2D eigenvalue weighted by molar-refractivity contribution is 0.590. The summed E-state index contributed by atoms with van der Waals surface area (Å²) in [6, 6.07) is 54.6. The zero-order chi connectivity index (χ0) is 43.0. The van der Waals surface area contributed by atoms with Crippen LogP contribution in [0.1, 0.15) is 52.7 Å². The minimum atomic E-state index is -0.169. The second-order valence-corrected chi connectivity index (χ2v) is 22.1. The second kappa shape index (κ2) is 12.5. The van der Waals surface area contributed by atoms with Crippen LogP contribution in [0.25, 0.3) is 102 Å². The molecule has 4 aromatic heterocycles. The van der Waals surface area contributed by atoms with Gasteiger partial charge in [-0.1, -0.05) is 114 Å². The van der Waals surface area contributed by atoms with Gasteiger partial charge in [0.25, 0.3) is 0 Å². The molecule has 0 unspecified atom stereocenters. The molecule has 0 radical (unpaired) electrons. The van der Waals surface area contributed by atoms with Gasteiger partial charge < -0.3 is 13.8 Å². The number of oxazole rings is 1. The Hall–Kier alpha value is -6.67. The molecule has 7 heteroatoms. The quantitative estimate of drug-likeness (QED) is 0.162. The number of aromatic nitrogens is 2. The van der Waals surface area contributed by atoms with Crippen LogP contribution in [0.15, 0.2) is 150 Å². The average molecular weight is 860 g/mol. The molecule has 0 bridgehead atoms. The third-order valence-corrected chi connectivity index (χ3v) is 16.4. The Morgan fingerprint density at radius 1 is 0.578 bits per heavy atom. The molecule has 306 valence electrons. The van der Waals surface area contributed by atoms with Crippen molar-refractivity contribution < 1.29 is 4.42 Å². The molecule has 0 saturated carbocycles. The van der Waals surface area contributed by atoms with E-state index in [0.29, 0.717) is 5.89 Å². The van der Waals surface area contributed by atoms with Crippen LogP contribution in [-0.4, -0.2) is 16.4 Å². The molecule has 0 fully saturated rings. The van der Waals surface area contributed by atoms with E-state index in [1.165, 1.54) is 107 Å². The van der Waals surface area contributed by atoms with E-state index >= 15 is 0 Å². The zero-order valence-corrected chi connectivity index (χ0v) is 38.1. The van der Waals surface area contributed by atoms with Gasteiger partial charge in [0.05, 0.1) is 11.0 Å². The Labute approximate surface area is 379 Å². The van der Waals surface area contributed by atoms with E-state index < -0.39 is 0 Å². The highest BCUT2D eigenvalue weighted by molar-refractivity contribution is 7.27. The molecule has 0 aliphatic carbocycles. The van der Waals surface area contributed by atoms with E-state index in [0.717, 1.165) is 22.4 Å². The molecule has 64 heavy (non-hydrogen) atoms. The monoisotopic (exact) mass is 859 g/mol. The van der Waals surface area contributed by atoms with Gasteiger partial charge in [0.15, 0.2) is 5.58 Å². The van der Waals surface area contributed by atoms with E-state index in [1.807, 2.05) is 40.9 Å². The van der Waals surface area contributed by atoms with Crippen molar-refractivity contribution in [1.29, 1.82) is 0 Å². The summed E-state index contributed by atoms with van der Waals surface area (Å²) >= 11 is 3.86. The maximum atomic E-state index is 6.74. The molecule has 6 heterocycles. The summed E-state index contributed by atoms with van der Waals surface area (Å²) < 4.78 is 14.6. The number of fused-ring (bicyclic) bond motifs is 17. The number of benzene rings is 8. The van der Waals surface area contributed by atoms with Gasteiger partial charge in [-0.05, 0) is 99.6 Å². The Bertz CT molecular complexity index is 3990. The summed E-state index contributed by atoms with van der Waals surface area (Å²) in [7, 11) is 0. The van der Waals surface area contributed by atoms with Crippen LogP contribution in [0.5, 0.6) is 0 Å². The maximum absolute atomic E-state index is 6.74. The standard InChI is InChI=1S/C57H42BN3OS2/c1-56(2,3)32-20-23-34(24-21-32)61-43-27-37-35-16-10-12-18-46(35)63-48(37)28-39(43)51-52-53-49(50-36-17-11-13-19-47(36)64-54(50)51)38-26-33(57(4,5)6)22-25-42(38)60(53)44-30-45-41(29-40(44)58(52)61)59-55(62-45)31-14-8-7-9-15-31/h7-30H,1-6H3. The second-order valence-electron chi connectivity index (χ2n) is 19.9. The highest BCUT2D eigenvalue weighted by Gasteiger charge is 2.46. The number of rotatable bonds is 2. The van der Waals surface area contributed by atoms with E-state index in [1.54, 1.807) is 0 Å². The Morgan fingerprint density at radius 2 is 1.28 bits per heavy atom. The average Bonchev–Trinajstić information content (AvgIpc) is 4.07. The van der Waals surface area contributed by atoms with E-state index in [-0.39, 0.29) is 17.7 Å². The Kier molecular flexibility index (Phi) is 7.20. The van der Waals surface area contributed by atoms with Gasteiger partial charge >= 0.3 is 6.85 Å². The van der Waals surface area contributed by atoms with Crippen LogP contribution in [0, 0.1) is 0 Å². The van der Waals surface area contributed by atoms with Crippen LogP contribution in [0.2, 0.25) is 0 Å². The fraction of sp³-hybridized carbons (Fsp3) is 0.140. The molecule has 14 rings (SSSR count). The third kappa shape index (κ3) is 4.91. The predicted molar refractivity (Wildman–Crippen MR) is 276 cm³/mol. The summed E-state index contributed by atoms with van der Waals surface area (Å²) in [5.41, 5.74) is 16.5. The fourth-order valence-corrected chi connectivity index (χ4v) is 13.4. The first-order valence-corrected chi connectivity index (χ1v) is 23.9. The van der Waals surface area contributed by atoms with Crippen molar-refractivity contribution in [1.82, 2.24) is 9.55 Å². The third-order valence-electron chi connectivity index (χ3n) is 14.1. The van der Waals surface area contributed by atoms with Gasteiger partial charge in [-0.3, -0.25) is 0 Å². The number of anilines is 2. The lowest BCUT2D eigenvalue weighted by atomic mass is 9.44. The highest BCUT2D eigenvalue weighted by atomic mass is 32.1. The van der Waals surface area contributed by atoms with Crippen molar-refractivity contribution in [3.63, 3.8) is 0 Å². The van der Waals surface area contributed by atoms with Crippen LogP contribution >= 0.6 is 22.7 Å². The smallest absolute Gasteiger partial charge is 0.333 e. The van der Waals surface area contributed by atoms with Gasteiger partial charge in [0.1, 0.15) is 5.52 Å². The summed E-state index contributed by atoms with van der Waals surface area (Å²) in [4.78, 5) is 7.90.